The maximum Gasteiger partial charge on any atom is 0.303 e. The lowest BCUT2D eigenvalue weighted by Crippen LogP contribution is -1.97. The highest BCUT2D eigenvalue weighted by molar-refractivity contribution is 6.31. The molecule has 3 heteroatoms. The number of carbonyl (C=O) groups is 1. The van der Waals surface area contributed by atoms with Crippen LogP contribution in [0.25, 0.3) is 11.1 Å². The molecule has 2 rings (SSSR count). The molecule has 0 radical (unpaired) electrons. The molecule has 2 aromatic carbocycles. The van der Waals surface area contributed by atoms with E-state index in [0.29, 0.717) is 6.42 Å². The molecule has 0 spiro atoms. The van der Waals surface area contributed by atoms with Crippen LogP contribution in [0.3, 0.4) is 0 Å². The lowest BCUT2D eigenvalue weighted by atomic mass is 10.0. The fourth-order valence-electron chi connectivity index (χ4n) is 2.13. The summed E-state index contributed by atoms with van der Waals surface area (Å²) in [6, 6.07) is 14.1. The first-order valence-electron chi connectivity index (χ1n) is 6.69. The summed E-state index contributed by atoms with van der Waals surface area (Å²) in [7, 11) is 0. The van der Waals surface area contributed by atoms with Gasteiger partial charge in [0.2, 0.25) is 0 Å². The molecule has 1 N–H and O–H groups in total. The summed E-state index contributed by atoms with van der Waals surface area (Å²) >= 11 is 6.23. The van der Waals surface area contributed by atoms with Gasteiger partial charge in [0.05, 0.1) is 0 Å². The number of aliphatic carboxylic acids is 1. The van der Waals surface area contributed by atoms with E-state index in [1.807, 2.05) is 30.3 Å². The second-order valence-corrected chi connectivity index (χ2v) is 5.16. The first-order chi connectivity index (χ1) is 9.60. The van der Waals surface area contributed by atoms with Gasteiger partial charge in [-0.05, 0) is 41.2 Å². The smallest absolute Gasteiger partial charge is 0.303 e. The van der Waals surface area contributed by atoms with Gasteiger partial charge in [0.25, 0.3) is 0 Å². The van der Waals surface area contributed by atoms with Crippen LogP contribution in [0.1, 0.15) is 24.5 Å². The zero-order valence-electron chi connectivity index (χ0n) is 11.4. The van der Waals surface area contributed by atoms with Crippen molar-refractivity contribution in [1.29, 1.82) is 0 Å². The van der Waals surface area contributed by atoms with Crippen molar-refractivity contribution in [2.24, 2.45) is 0 Å². The molecular weight excluding hydrogens is 272 g/mol. The summed E-state index contributed by atoms with van der Waals surface area (Å²) in [5.74, 6) is -0.768. The predicted octanol–water partition coefficient (Wildman–Crippen LogP) is 4.59. The van der Waals surface area contributed by atoms with E-state index in [4.69, 9.17) is 16.7 Å². The molecule has 0 saturated heterocycles. The van der Waals surface area contributed by atoms with Gasteiger partial charge in [0, 0.05) is 11.4 Å². The largest absolute Gasteiger partial charge is 0.481 e. The fourth-order valence-corrected chi connectivity index (χ4v) is 2.44. The molecule has 2 aromatic rings. The highest BCUT2D eigenvalue weighted by atomic mass is 35.5. The minimum Gasteiger partial charge on any atom is -0.481 e. The highest BCUT2D eigenvalue weighted by Crippen LogP contribution is 2.26. The molecule has 2 nitrogen and oxygen atoms in total. The number of rotatable bonds is 5. The average molecular weight is 289 g/mol. The molecule has 0 aliphatic carbocycles. The summed E-state index contributed by atoms with van der Waals surface area (Å²) < 4.78 is 0. The summed E-state index contributed by atoms with van der Waals surface area (Å²) in [6.07, 6.45) is 1.65. The molecule has 0 amide bonds. The van der Waals surface area contributed by atoms with Gasteiger partial charge in [0.15, 0.2) is 0 Å². The Balaban J connectivity index is 2.17. The van der Waals surface area contributed by atoms with Crippen molar-refractivity contribution in [2.45, 2.75) is 26.2 Å². The van der Waals surface area contributed by atoms with Gasteiger partial charge in [-0.1, -0.05) is 54.9 Å². The molecule has 0 atom stereocenters. The van der Waals surface area contributed by atoms with Crippen molar-refractivity contribution < 1.29 is 9.90 Å². The van der Waals surface area contributed by atoms with Crippen LogP contribution in [0, 0.1) is 0 Å². The summed E-state index contributed by atoms with van der Waals surface area (Å²) in [5, 5.41) is 9.46. The molecule has 0 unspecified atom stereocenters. The van der Waals surface area contributed by atoms with Crippen molar-refractivity contribution in [3.63, 3.8) is 0 Å². The third-order valence-electron chi connectivity index (χ3n) is 3.35. The van der Waals surface area contributed by atoms with E-state index in [1.165, 1.54) is 0 Å². The van der Waals surface area contributed by atoms with Gasteiger partial charge in [-0.15, -0.1) is 0 Å². The van der Waals surface area contributed by atoms with E-state index in [1.54, 1.807) is 0 Å². The second kappa shape index (κ2) is 6.58. The van der Waals surface area contributed by atoms with Crippen LogP contribution < -0.4 is 0 Å². The highest BCUT2D eigenvalue weighted by Gasteiger charge is 2.04. The topological polar surface area (TPSA) is 37.3 Å². The molecule has 0 aromatic heterocycles. The monoisotopic (exact) mass is 288 g/mol. The van der Waals surface area contributed by atoms with Crippen molar-refractivity contribution in [1.82, 2.24) is 0 Å². The van der Waals surface area contributed by atoms with Crippen LogP contribution in [0.4, 0.5) is 0 Å². The number of aryl methyl sites for hydroxylation is 2. The molecule has 0 heterocycles. The first-order valence-corrected chi connectivity index (χ1v) is 7.07. The number of hydrogen-bond donors (Lipinski definition) is 1. The van der Waals surface area contributed by atoms with Crippen molar-refractivity contribution in [3.05, 3.63) is 58.6 Å². The third kappa shape index (κ3) is 3.61. The Kier molecular flexibility index (Phi) is 4.80. The molecule has 0 bridgehead atoms. The van der Waals surface area contributed by atoms with Gasteiger partial charge < -0.3 is 5.11 Å². The number of benzene rings is 2. The number of halogens is 1. The van der Waals surface area contributed by atoms with Gasteiger partial charge in [-0.3, -0.25) is 4.79 Å². The maximum atomic E-state index is 10.5. The van der Waals surface area contributed by atoms with Crippen molar-refractivity contribution >= 4 is 17.6 Å². The molecule has 0 aliphatic heterocycles. The lowest BCUT2D eigenvalue weighted by molar-refractivity contribution is -0.136. The van der Waals surface area contributed by atoms with Gasteiger partial charge in [-0.25, -0.2) is 0 Å². The number of carboxylic acid groups (broad SMARTS) is 1. The zero-order chi connectivity index (χ0) is 14.5. The zero-order valence-corrected chi connectivity index (χ0v) is 12.2. The fraction of sp³-hybridized carbons (Fsp3) is 0.235. The van der Waals surface area contributed by atoms with E-state index in [2.05, 4.69) is 19.1 Å². The Morgan fingerprint density at radius 3 is 2.30 bits per heavy atom. The van der Waals surface area contributed by atoms with Crippen LogP contribution in [0.5, 0.6) is 0 Å². The standard InChI is InChI=1S/C17H17ClO2/c1-2-13-8-9-15(11-16(13)18)14-6-3-12(4-7-14)5-10-17(19)20/h3-4,6-9,11H,2,5,10H2,1H3,(H,19,20). The third-order valence-corrected chi connectivity index (χ3v) is 3.70. The number of carboxylic acids is 1. The Bertz CT molecular complexity index is 603. The molecular formula is C17H17ClO2. The molecule has 0 fully saturated rings. The van der Waals surface area contributed by atoms with E-state index in [0.717, 1.165) is 33.7 Å². The van der Waals surface area contributed by atoms with Crippen LogP contribution in [0.2, 0.25) is 5.02 Å². The minimum absolute atomic E-state index is 0.163. The lowest BCUT2D eigenvalue weighted by Gasteiger charge is -2.07. The van der Waals surface area contributed by atoms with Crippen LogP contribution in [-0.2, 0) is 17.6 Å². The predicted molar refractivity (Wildman–Crippen MR) is 82.2 cm³/mol. The van der Waals surface area contributed by atoms with Gasteiger partial charge in [0.1, 0.15) is 0 Å². The Labute approximate surface area is 124 Å². The Morgan fingerprint density at radius 1 is 1.10 bits per heavy atom. The summed E-state index contributed by atoms with van der Waals surface area (Å²) in [6.45, 7) is 2.08. The van der Waals surface area contributed by atoms with E-state index in [-0.39, 0.29) is 6.42 Å². The van der Waals surface area contributed by atoms with Crippen molar-refractivity contribution in [2.75, 3.05) is 0 Å². The van der Waals surface area contributed by atoms with Crippen LogP contribution in [0.15, 0.2) is 42.5 Å². The van der Waals surface area contributed by atoms with E-state index in [9.17, 15) is 4.79 Å². The minimum atomic E-state index is -0.768. The van der Waals surface area contributed by atoms with Gasteiger partial charge >= 0.3 is 5.97 Å². The molecule has 0 aliphatic rings. The van der Waals surface area contributed by atoms with Crippen LogP contribution in [-0.4, -0.2) is 11.1 Å². The van der Waals surface area contributed by atoms with E-state index < -0.39 is 5.97 Å². The molecule has 0 saturated carbocycles. The normalized spacial score (nSPS) is 10.5. The SMILES string of the molecule is CCc1ccc(-c2ccc(CCC(=O)O)cc2)cc1Cl. The average Bonchev–Trinajstić information content (AvgIpc) is 2.45. The van der Waals surface area contributed by atoms with Crippen LogP contribution >= 0.6 is 11.6 Å². The summed E-state index contributed by atoms with van der Waals surface area (Å²) in [5.41, 5.74) is 4.35. The molecule has 104 valence electrons. The summed E-state index contributed by atoms with van der Waals surface area (Å²) in [4.78, 5) is 10.5. The van der Waals surface area contributed by atoms with Gasteiger partial charge in [-0.2, -0.15) is 0 Å². The molecule has 20 heavy (non-hydrogen) atoms. The maximum absolute atomic E-state index is 10.5. The quantitative estimate of drug-likeness (QED) is 0.874. The first kappa shape index (κ1) is 14.6. The Morgan fingerprint density at radius 2 is 1.75 bits per heavy atom. The number of hydrogen-bond acceptors (Lipinski definition) is 1. The van der Waals surface area contributed by atoms with Crippen molar-refractivity contribution in [3.8, 4) is 11.1 Å². The van der Waals surface area contributed by atoms with E-state index >= 15 is 0 Å². The second-order valence-electron chi connectivity index (χ2n) is 4.75. The Hall–Kier alpha value is -1.80.